The number of hydrogen-bond donors (Lipinski definition) is 0. The van der Waals surface area contributed by atoms with Crippen LogP contribution in [0.5, 0.6) is 0 Å². The van der Waals surface area contributed by atoms with E-state index >= 15 is 0 Å². The molecular formula is C92H91N7. The molecule has 0 unspecified atom stereocenters. The monoisotopic (exact) mass is 1290 g/mol. The van der Waals surface area contributed by atoms with E-state index in [0.717, 1.165) is 45.3 Å². The SMILES string of the molecule is CN1C=Cc2ccccc2C1.CN1CCc2ccccc2C1.CN1Cc2ccccc2Cc2ccccc21.CN1c2ccccc2C=Cc2ccccc21.CN1c2ccccc2CCc2ccccc21.CN1c2ccccc2Cc2ccccc21.Cn1c2ccccc2c2ccccc21. The van der Waals surface area contributed by atoms with Gasteiger partial charge in [0, 0.05) is 137 Å². The number of aromatic nitrogens is 1. The van der Waals surface area contributed by atoms with Crippen LogP contribution in [0.1, 0.15) is 72.3 Å². The molecule has 99 heavy (non-hydrogen) atoms. The molecule has 7 heteroatoms. The molecule has 19 rings (SSSR count). The maximum absolute atomic E-state index is 2.36. The largest absolute Gasteiger partial charge is 0.376 e. The Labute approximate surface area is 587 Å². The summed E-state index contributed by atoms with van der Waals surface area (Å²) < 4.78 is 2.24. The highest BCUT2D eigenvalue weighted by molar-refractivity contribution is 6.07. The van der Waals surface area contributed by atoms with Crippen molar-refractivity contribution in [2.24, 2.45) is 7.05 Å². The number of anilines is 7. The molecule has 1 aromatic heterocycles. The lowest BCUT2D eigenvalue weighted by Gasteiger charge is -2.29. The first-order valence-electron chi connectivity index (χ1n) is 34.9. The average Bonchev–Trinajstić information content (AvgIpc) is 1.25. The minimum absolute atomic E-state index is 1.01. The summed E-state index contributed by atoms with van der Waals surface area (Å²) in [4.78, 5) is 13.7. The van der Waals surface area contributed by atoms with Gasteiger partial charge in [-0.3, -0.25) is 0 Å². The summed E-state index contributed by atoms with van der Waals surface area (Å²) in [5, 5.41) is 2.68. The zero-order chi connectivity index (χ0) is 68.0. The zero-order valence-corrected chi connectivity index (χ0v) is 58.5. The number of likely N-dealkylation sites (N-methyl/N-ethyl adjacent to an activating group) is 1. The Hall–Kier alpha value is -11.1. The molecule has 0 bridgehead atoms. The van der Waals surface area contributed by atoms with Crippen molar-refractivity contribution in [2.75, 3.05) is 68.4 Å². The topological polar surface area (TPSA) is 24.4 Å². The number of nitrogens with zero attached hydrogens (tertiary/aromatic N) is 7. The van der Waals surface area contributed by atoms with Gasteiger partial charge in [-0.25, -0.2) is 0 Å². The standard InChI is InChI=1S/C15H15N.C15H13N.C15H15N.C14H13N.C13H11N.C10H13N.C10H11N/c2*1-16-14-8-4-2-6-12(14)10-11-13-7-3-5-9-15(13)16;1-16-11-14-8-3-2-6-12(14)10-13-7-4-5-9-15(13)16;1-15-13-8-4-2-6-11(13)10-12-7-3-5-9-14(12)15;1-14-12-8-4-2-6-10(12)11-7-3-5-9-13(11)14;2*1-11-7-6-9-4-2-3-5-10(9)8-11/h2-9H,10-11H2,1H3;2-11H,1H3;2-9H,10-11H2,1H3;2-9H,10H2,1H3;2-9H,1H3;2-5H,6-8H2,1H3;2-7H,8H2,1H3. The molecule has 7 nitrogen and oxygen atoms in total. The summed E-state index contributed by atoms with van der Waals surface area (Å²) in [5.41, 5.74) is 30.2. The molecule has 13 aromatic rings. The van der Waals surface area contributed by atoms with E-state index in [9.17, 15) is 0 Å². The number of para-hydroxylation sites is 9. The predicted molar refractivity (Wildman–Crippen MR) is 424 cm³/mol. The maximum Gasteiger partial charge on any atom is 0.0488 e. The first kappa shape index (κ1) is 66.5. The molecular weight excluding hydrogens is 1200 g/mol. The lowest BCUT2D eigenvalue weighted by Crippen LogP contribution is -2.26. The van der Waals surface area contributed by atoms with E-state index in [1.54, 1.807) is 0 Å². The van der Waals surface area contributed by atoms with Crippen LogP contribution in [0, 0.1) is 0 Å². The number of fused-ring (bicyclic) bond motifs is 13. The number of aryl methyl sites for hydroxylation is 3. The quantitative estimate of drug-likeness (QED) is 0.150. The van der Waals surface area contributed by atoms with Crippen molar-refractivity contribution in [3.05, 3.63) is 370 Å². The van der Waals surface area contributed by atoms with E-state index in [4.69, 9.17) is 0 Å². The second-order valence-corrected chi connectivity index (χ2v) is 26.5. The summed E-state index contributed by atoms with van der Waals surface area (Å²) >= 11 is 0. The van der Waals surface area contributed by atoms with Crippen LogP contribution >= 0.6 is 0 Å². The molecule has 0 spiro atoms. The van der Waals surface area contributed by atoms with Crippen LogP contribution in [0.15, 0.2) is 297 Å². The van der Waals surface area contributed by atoms with Crippen molar-refractivity contribution in [1.29, 1.82) is 0 Å². The van der Waals surface area contributed by atoms with E-state index in [1.165, 1.54) is 147 Å². The third kappa shape index (κ3) is 15.5. The van der Waals surface area contributed by atoms with Crippen LogP contribution in [0.4, 0.5) is 39.8 Å². The molecule has 7 heterocycles. The van der Waals surface area contributed by atoms with Gasteiger partial charge in [0.15, 0.2) is 0 Å². The molecule has 0 N–H and O–H groups in total. The zero-order valence-electron chi connectivity index (χ0n) is 58.5. The van der Waals surface area contributed by atoms with Crippen molar-refractivity contribution < 1.29 is 0 Å². The summed E-state index contributed by atoms with van der Waals surface area (Å²) in [5.74, 6) is 0. The van der Waals surface area contributed by atoms with Gasteiger partial charge in [-0.05, 0) is 172 Å². The third-order valence-electron chi connectivity index (χ3n) is 19.9. The molecule has 0 fully saturated rings. The van der Waals surface area contributed by atoms with Crippen LogP contribution in [-0.4, -0.2) is 63.2 Å². The Bertz CT molecular complexity index is 4760. The van der Waals surface area contributed by atoms with E-state index in [0.29, 0.717) is 0 Å². The Morgan fingerprint density at radius 3 is 1.10 bits per heavy atom. The fourth-order valence-corrected chi connectivity index (χ4v) is 14.6. The summed E-state index contributed by atoms with van der Waals surface area (Å²) in [7, 11) is 15.0. The Kier molecular flexibility index (Phi) is 21.1. The highest BCUT2D eigenvalue weighted by atomic mass is 15.1. The van der Waals surface area contributed by atoms with Gasteiger partial charge >= 0.3 is 0 Å². The molecule has 0 saturated carbocycles. The predicted octanol–water partition coefficient (Wildman–Crippen LogP) is 21.2. The van der Waals surface area contributed by atoms with E-state index in [1.807, 2.05) is 0 Å². The lowest BCUT2D eigenvalue weighted by atomic mass is 9.96. The van der Waals surface area contributed by atoms with Crippen molar-refractivity contribution in [2.45, 2.75) is 51.7 Å². The van der Waals surface area contributed by atoms with Gasteiger partial charge in [-0.1, -0.05) is 249 Å². The van der Waals surface area contributed by atoms with Gasteiger partial charge < -0.3 is 34.0 Å². The first-order chi connectivity index (χ1) is 48.5. The summed E-state index contributed by atoms with van der Waals surface area (Å²) in [6, 6.07) is 103. The van der Waals surface area contributed by atoms with Crippen LogP contribution in [-0.2, 0) is 58.8 Å². The van der Waals surface area contributed by atoms with Gasteiger partial charge in [0.25, 0.3) is 0 Å². The second kappa shape index (κ2) is 31.4. The van der Waals surface area contributed by atoms with Gasteiger partial charge in [0.1, 0.15) is 0 Å². The summed E-state index contributed by atoms with van der Waals surface area (Å²) in [6.07, 6.45) is 14.2. The smallest absolute Gasteiger partial charge is 0.0488 e. The minimum atomic E-state index is 1.01. The fraction of sp³-hybridized carbons (Fsp3) is 0.174. The molecule has 0 radical (unpaired) electrons. The van der Waals surface area contributed by atoms with Gasteiger partial charge in [-0.15, -0.1) is 0 Å². The second-order valence-electron chi connectivity index (χ2n) is 26.5. The van der Waals surface area contributed by atoms with E-state index in [2.05, 4.69) is 399 Å². The molecule has 6 aliphatic heterocycles. The van der Waals surface area contributed by atoms with Crippen LogP contribution in [0.2, 0.25) is 0 Å². The van der Waals surface area contributed by atoms with Crippen LogP contribution in [0.3, 0.4) is 0 Å². The molecule has 0 aliphatic carbocycles. The number of hydrogen-bond acceptors (Lipinski definition) is 6. The molecule has 494 valence electrons. The van der Waals surface area contributed by atoms with Gasteiger partial charge in [0.2, 0.25) is 0 Å². The van der Waals surface area contributed by atoms with E-state index in [-0.39, 0.29) is 0 Å². The Balaban J connectivity index is 0.000000104. The molecule has 0 saturated heterocycles. The van der Waals surface area contributed by atoms with Crippen LogP contribution in [0.25, 0.3) is 40.0 Å². The average molecular weight is 1290 g/mol. The molecule has 0 amide bonds. The van der Waals surface area contributed by atoms with Crippen molar-refractivity contribution in [3.63, 3.8) is 0 Å². The normalized spacial score (nSPS) is 13.8. The molecule has 0 atom stereocenters. The number of rotatable bonds is 0. The Morgan fingerprint density at radius 1 is 0.242 bits per heavy atom. The lowest BCUT2D eigenvalue weighted by molar-refractivity contribution is 0.313. The summed E-state index contributed by atoms with van der Waals surface area (Å²) in [6.45, 7) is 4.37. The fourth-order valence-electron chi connectivity index (χ4n) is 14.6. The number of benzene rings is 12. The van der Waals surface area contributed by atoms with Gasteiger partial charge in [0.05, 0.1) is 0 Å². The molecule has 6 aliphatic rings. The first-order valence-corrected chi connectivity index (χ1v) is 34.9. The van der Waals surface area contributed by atoms with Crippen molar-refractivity contribution >= 4 is 79.8 Å². The third-order valence-corrected chi connectivity index (χ3v) is 19.9. The van der Waals surface area contributed by atoms with Crippen molar-refractivity contribution in [1.82, 2.24) is 14.4 Å². The highest BCUT2D eigenvalue weighted by Crippen LogP contribution is 2.39. The highest BCUT2D eigenvalue weighted by Gasteiger charge is 2.21. The maximum atomic E-state index is 2.36. The van der Waals surface area contributed by atoms with Crippen LogP contribution < -0.4 is 19.6 Å². The van der Waals surface area contributed by atoms with Crippen molar-refractivity contribution in [3.8, 4) is 0 Å². The molecule has 12 aromatic carbocycles. The van der Waals surface area contributed by atoms with Gasteiger partial charge in [-0.2, -0.15) is 0 Å². The minimum Gasteiger partial charge on any atom is -0.376 e. The Morgan fingerprint density at radius 2 is 0.586 bits per heavy atom. The van der Waals surface area contributed by atoms with E-state index < -0.39 is 0 Å².